The molecule has 152 valence electrons. The number of piperidine rings is 1. The fourth-order valence-electron chi connectivity index (χ4n) is 3.49. The summed E-state index contributed by atoms with van der Waals surface area (Å²) >= 11 is 0. The number of hydrogen-bond donors (Lipinski definition) is 1. The standard InChI is InChI=1S/C20H32N4O2.HI/c1-2-21-20(23-15-17-7-3-5-11-22-17)24-12-9-18(10-13-24)26-16-19-8-4-6-14-25-19;/h3,5,7,11,18-19H,2,4,6,8-10,12-16H2,1H3,(H,21,23);1H. The summed E-state index contributed by atoms with van der Waals surface area (Å²) in [6.07, 6.45) is 8.15. The molecule has 7 heteroatoms. The molecule has 1 N–H and O–H groups in total. The molecule has 6 nitrogen and oxygen atoms in total. The normalized spacial score (nSPS) is 21.6. The van der Waals surface area contributed by atoms with E-state index in [-0.39, 0.29) is 24.0 Å². The number of halogens is 1. The second-order valence-corrected chi connectivity index (χ2v) is 7.00. The Morgan fingerprint density at radius 1 is 1.30 bits per heavy atom. The van der Waals surface area contributed by atoms with Gasteiger partial charge in [0, 0.05) is 32.4 Å². The molecular formula is C20H33IN4O2. The number of rotatable bonds is 6. The first-order chi connectivity index (χ1) is 12.8. The molecule has 3 rings (SSSR count). The van der Waals surface area contributed by atoms with Crippen LogP contribution < -0.4 is 5.32 Å². The van der Waals surface area contributed by atoms with Gasteiger partial charge in [-0.25, -0.2) is 4.99 Å². The van der Waals surface area contributed by atoms with Crippen molar-refractivity contribution in [1.29, 1.82) is 0 Å². The van der Waals surface area contributed by atoms with Crippen LogP contribution in [0.3, 0.4) is 0 Å². The second kappa shape index (κ2) is 12.5. The SMILES string of the molecule is CCNC(=NCc1ccccn1)N1CCC(OCC2CCCCO2)CC1.I. The van der Waals surface area contributed by atoms with Crippen molar-refractivity contribution in [3.8, 4) is 0 Å². The lowest BCUT2D eigenvalue weighted by Gasteiger charge is -2.35. The van der Waals surface area contributed by atoms with Crippen LogP contribution in [0, 0.1) is 0 Å². The van der Waals surface area contributed by atoms with Gasteiger partial charge in [0.2, 0.25) is 0 Å². The molecule has 2 aliphatic heterocycles. The van der Waals surface area contributed by atoms with Gasteiger partial charge in [0.15, 0.2) is 5.96 Å². The maximum Gasteiger partial charge on any atom is 0.194 e. The zero-order chi connectivity index (χ0) is 18.0. The summed E-state index contributed by atoms with van der Waals surface area (Å²) in [6.45, 7) is 7.18. The summed E-state index contributed by atoms with van der Waals surface area (Å²) in [5, 5.41) is 3.41. The first kappa shape index (κ1) is 22.4. The van der Waals surface area contributed by atoms with E-state index in [1.54, 1.807) is 0 Å². The van der Waals surface area contributed by atoms with Gasteiger partial charge in [-0.1, -0.05) is 6.07 Å². The first-order valence-electron chi connectivity index (χ1n) is 10.0. The van der Waals surface area contributed by atoms with Crippen molar-refractivity contribution in [2.24, 2.45) is 4.99 Å². The van der Waals surface area contributed by atoms with Gasteiger partial charge >= 0.3 is 0 Å². The van der Waals surface area contributed by atoms with E-state index in [0.29, 0.717) is 18.8 Å². The highest BCUT2D eigenvalue weighted by atomic mass is 127. The molecule has 2 fully saturated rings. The predicted octanol–water partition coefficient (Wildman–Crippen LogP) is 3.22. The van der Waals surface area contributed by atoms with Gasteiger partial charge in [-0.3, -0.25) is 4.98 Å². The molecule has 0 radical (unpaired) electrons. The van der Waals surface area contributed by atoms with Crippen LogP contribution in [-0.4, -0.2) is 60.9 Å². The lowest BCUT2D eigenvalue weighted by Crippen LogP contribution is -2.47. The van der Waals surface area contributed by atoms with Gasteiger partial charge in [0.05, 0.1) is 31.1 Å². The second-order valence-electron chi connectivity index (χ2n) is 7.00. The number of guanidine groups is 1. The first-order valence-corrected chi connectivity index (χ1v) is 10.0. The van der Waals surface area contributed by atoms with E-state index in [0.717, 1.165) is 63.8 Å². The summed E-state index contributed by atoms with van der Waals surface area (Å²) in [7, 11) is 0. The summed E-state index contributed by atoms with van der Waals surface area (Å²) in [5.41, 5.74) is 0.994. The highest BCUT2D eigenvalue weighted by molar-refractivity contribution is 14.0. The molecule has 2 aliphatic rings. The average molecular weight is 488 g/mol. The molecule has 2 saturated heterocycles. The summed E-state index contributed by atoms with van der Waals surface area (Å²) in [6, 6.07) is 5.95. The minimum atomic E-state index is 0. The summed E-state index contributed by atoms with van der Waals surface area (Å²) in [5.74, 6) is 0.979. The fraction of sp³-hybridized carbons (Fsp3) is 0.700. The molecule has 1 atom stereocenters. The molecule has 1 aromatic heterocycles. The van der Waals surface area contributed by atoms with E-state index >= 15 is 0 Å². The van der Waals surface area contributed by atoms with E-state index in [9.17, 15) is 0 Å². The number of aliphatic imine (C=N–C) groups is 1. The van der Waals surface area contributed by atoms with Gasteiger partial charge in [0.1, 0.15) is 0 Å². The molecular weight excluding hydrogens is 455 g/mol. The molecule has 0 spiro atoms. The molecule has 0 bridgehead atoms. The molecule has 1 aromatic rings. The summed E-state index contributed by atoms with van der Waals surface area (Å²) in [4.78, 5) is 11.4. The van der Waals surface area contributed by atoms with Crippen LogP contribution in [0.1, 0.15) is 44.7 Å². The van der Waals surface area contributed by atoms with Gasteiger partial charge in [-0.2, -0.15) is 0 Å². The maximum absolute atomic E-state index is 6.12. The topological polar surface area (TPSA) is 59.0 Å². The largest absolute Gasteiger partial charge is 0.376 e. The van der Waals surface area contributed by atoms with E-state index in [4.69, 9.17) is 14.5 Å². The quantitative estimate of drug-likeness (QED) is 0.379. The number of hydrogen-bond acceptors (Lipinski definition) is 4. The van der Waals surface area contributed by atoms with Crippen molar-refractivity contribution < 1.29 is 9.47 Å². The van der Waals surface area contributed by atoms with Gasteiger partial charge in [-0.15, -0.1) is 24.0 Å². The van der Waals surface area contributed by atoms with Crippen molar-refractivity contribution in [2.75, 3.05) is 32.8 Å². The number of nitrogens with zero attached hydrogens (tertiary/aromatic N) is 3. The number of pyridine rings is 1. The Labute approximate surface area is 180 Å². The average Bonchev–Trinajstić information content (AvgIpc) is 2.71. The van der Waals surface area contributed by atoms with Crippen molar-refractivity contribution in [2.45, 2.75) is 57.8 Å². The van der Waals surface area contributed by atoms with Crippen LogP contribution in [0.5, 0.6) is 0 Å². The maximum atomic E-state index is 6.12. The Bertz CT molecular complexity index is 544. The Morgan fingerprint density at radius 2 is 2.15 bits per heavy atom. The Hall–Kier alpha value is -0.930. The highest BCUT2D eigenvalue weighted by Gasteiger charge is 2.23. The zero-order valence-electron chi connectivity index (χ0n) is 16.3. The van der Waals surface area contributed by atoms with E-state index < -0.39 is 0 Å². The van der Waals surface area contributed by atoms with Gasteiger partial charge < -0.3 is 19.7 Å². The van der Waals surface area contributed by atoms with Crippen LogP contribution in [0.2, 0.25) is 0 Å². The van der Waals surface area contributed by atoms with Crippen LogP contribution >= 0.6 is 24.0 Å². The molecule has 1 unspecified atom stereocenters. The van der Waals surface area contributed by atoms with Crippen LogP contribution in [-0.2, 0) is 16.0 Å². The molecule has 0 saturated carbocycles. The lowest BCUT2D eigenvalue weighted by atomic mass is 10.1. The van der Waals surface area contributed by atoms with Crippen molar-refractivity contribution >= 4 is 29.9 Å². The molecule has 0 amide bonds. The van der Waals surface area contributed by atoms with Crippen molar-refractivity contribution in [1.82, 2.24) is 15.2 Å². The highest BCUT2D eigenvalue weighted by Crippen LogP contribution is 2.18. The minimum absolute atomic E-state index is 0. The zero-order valence-corrected chi connectivity index (χ0v) is 18.6. The van der Waals surface area contributed by atoms with Crippen LogP contribution in [0.4, 0.5) is 0 Å². The smallest absolute Gasteiger partial charge is 0.194 e. The van der Waals surface area contributed by atoms with Gasteiger partial charge in [0.25, 0.3) is 0 Å². The molecule has 27 heavy (non-hydrogen) atoms. The minimum Gasteiger partial charge on any atom is -0.376 e. The molecule has 0 aliphatic carbocycles. The number of nitrogens with one attached hydrogen (secondary N) is 1. The lowest BCUT2D eigenvalue weighted by molar-refractivity contribution is -0.0721. The third-order valence-corrected chi connectivity index (χ3v) is 4.99. The molecule has 3 heterocycles. The third-order valence-electron chi connectivity index (χ3n) is 4.99. The van der Waals surface area contributed by atoms with Crippen molar-refractivity contribution in [3.05, 3.63) is 30.1 Å². The van der Waals surface area contributed by atoms with E-state index in [1.807, 2.05) is 24.4 Å². The number of ether oxygens (including phenoxy) is 2. The Morgan fingerprint density at radius 3 is 2.81 bits per heavy atom. The van der Waals surface area contributed by atoms with Crippen LogP contribution in [0.15, 0.2) is 29.4 Å². The van der Waals surface area contributed by atoms with E-state index in [2.05, 4.69) is 22.1 Å². The Balaban J connectivity index is 0.00000261. The van der Waals surface area contributed by atoms with E-state index in [1.165, 1.54) is 12.8 Å². The predicted molar refractivity (Wildman–Crippen MR) is 119 cm³/mol. The van der Waals surface area contributed by atoms with Crippen molar-refractivity contribution in [3.63, 3.8) is 0 Å². The van der Waals surface area contributed by atoms with Gasteiger partial charge in [-0.05, 0) is 51.2 Å². The third kappa shape index (κ3) is 7.54. The van der Waals surface area contributed by atoms with Crippen LogP contribution in [0.25, 0.3) is 0 Å². The fourth-order valence-corrected chi connectivity index (χ4v) is 3.49. The molecule has 0 aromatic carbocycles. The summed E-state index contributed by atoms with van der Waals surface area (Å²) < 4.78 is 11.9. The number of aromatic nitrogens is 1. The number of likely N-dealkylation sites (tertiary alicyclic amines) is 1. The monoisotopic (exact) mass is 488 g/mol. The Kier molecular flexibility index (Phi) is 10.4.